The summed E-state index contributed by atoms with van der Waals surface area (Å²) in [5, 5.41) is 2.05. The number of hydrogen-bond acceptors (Lipinski definition) is 3. The Kier molecular flexibility index (Phi) is 4.25. The van der Waals surface area contributed by atoms with Crippen LogP contribution in [-0.2, 0) is 17.8 Å². The quantitative estimate of drug-likeness (QED) is 0.868. The number of carbonyl (C=O) groups excluding carboxylic acids is 1. The Morgan fingerprint density at radius 3 is 3.00 bits per heavy atom. The maximum atomic E-state index is 12.5. The number of thiophene rings is 1. The van der Waals surface area contributed by atoms with Gasteiger partial charge in [-0.05, 0) is 30.9 Å². The van der Waals surface area contributed by atoms with Crippen LogP contribution in [0.1, 0.15) is 23.8 Å². The summed E-state index contributed by atoms with van der Waals surface area (Å²) in [6, 6.07) is 12.1. The van der Waals surface area contributed by atoms with Gasteiger partial charge in [0.25, 0.3) is 0 Å². The molecular weight excluding hydrogens is 282 g/mol. The number of amides is 1. The minimum atomic E-state index is 0.0272. The van der Waals surface area contributed by atoms with Crippen molar-refractivity contribution in [3.63, 3.8) is 0 Å². The van der Waals surface area contributed by atoms with Gasteiger partial charge in [0, 0.05) is 23.4 Å². The van der Waals surface area contributed by atoms with E-state index in [4.69, 9.17) is 4.74 Å². The molecule has 110 valence electrons. The fraction of sp³-hybridized carbons (Fsp3) is 0.353. The molecule has 0 radical (unpaired) electrons. The molecule has 2 aromatic rings. The number of nitrogens with zero attached hydrogens (tertiary/aromatic N) is 1. The van der Waals surface area contributed by atoms with Crippen LogP contribution in [0.3, 0.4) is 0 Å². The van der Waals surface area contributed by atoms with Crippen molar-refractivity contribution < 1.29 is 9.53 Å². The second-order valence-electron chi connectivity index (χ2n) is 5.39. The number of fused-ring (bicyclic) bond motifs is 1. The van der Waals surface area contributed by atoms with Gasteiger partial charge in [0.05, 0.1) is 6.54 Å². The van der Waals surface area contributed by atoms with Gasteiger partial charge in [0.2, 0.25) is 5.91 Å². The Hall–Kier alpha value is -1.81. The highest BCUT2D eigenvalue weighted by molar-refractivity contribution is 7.09. The highest BCUT2D eigenvalue weighted by Gasteiger charge is 2.23. The molecule has 1 aliphatic heterocycles. The van der Waals surface area contributed by atoms with Crippen LogP contribution in [0.2, 0.25) is 0 Å². The Morgan fingerprint density at radius 2 is 2.19 bits per heavy atom. The molecule has 1 aliphatic rings. The van der Waals surface area contributed by atoms with Crippen molar-refractivity contribution in [2.45, 2.75) is 32.4 Å². The van der Waals surface area contributed by atoms with Crippen LogP contribution in [0.5, 0.6) is 5.75 Å². The van der Waals surface area contributed by atoms with Gasteiger partial charge in [-0.2, -0.15) is 0 Å². The molecule has 0 aliphatic carbocycles. The highest BCUT2D eigenvalue weighted by Crippen LogP contribution is 2.25. The van der Waals surface area contributed by atoms with Crippen LogP contribution < -0.4 is 4.74 Å². The number of benzene rings is 1. The summed E-state index contributed by atoms with van der Waals surface area (Å²) in [5.41, 5.74) is 1.09. The van der Waals surface area contributed by atoms with Gasteiger partial charge in [-0.3, -0.25) is 4.79 Å². The Bertz CT molecular complexity index is 609. The number of rotatable bonds is 3. The fourth-order valence-electron chi connectivity index (χ4n) is 2.62. The largest absolute Gasteiger partial charge is 0.489 e. The predicted octanol–water partition coefficient (Wildman–Crippen LogP) is 3.49. The van der Waals surface area contributed by atoms with Crippen molar-refractivity contribution in [2.75, 3.05) is 6.54 Å². The molecule has 4 heteroatoms. The molecule has 0 saturated carbocycles. The molecule has 1 aromatic heterocycles. The van der Waals surface area contributed by atoms with Crippen molar-refractivity contribution in [3.05, 3.63) is 52.2 Å². The molecule has 3 nitrogen and oxygen atoms in total. The summed E-state index contributed by atoms with van der Waals surface area (Å²) in [5.74, 6) is 1.11. The monoisotopic (exact) mass is 301 g/mol. The SMILES string of the molecule is CC1CN(C(=O)CCc2cccs2)Cc2ccccc2O1. The third-order valence-corrected chi connectivity index (χ3v) is 4.59. The number of carbonyl (C=O) groups is 1. The van der Waals surface area contributed by atoms with Crippen molar-refractivity contribution in [2.24, 2.45) is 0 Å². The van der Waals surface area contributed by atoms with E-state index < -0.39 is 0 Å². The van der Waals surface area contributed by atoms with Crippen molar-refractivity contribution in [1.82, 2.24) is 4.90 Å². The lowest BCUT2D eigenvalue weighted by Gasteiger charge is -2.22. The van der Waals surface area contributed by atoms with E-state index in [-0.39, 0.29) is 12.0 Å². The van der Waals surface area contributed by atoms with E-state index in [0.717, 1.165) is 17.7 Å². The maximum Gasteiger partial charge on any atom is 0.223 e. The minimum absolute atomic E-state index is 0.0272. The summed E-state index contributed by atoms with van der Waals surface area (Å²) >= 11 is 1.71. The third kappa shape index (κ3) is 3.45. The molecule has 0 fully saturated rings. The topological polar surface area (TPSA) is 29.5 Å². The van der Waals surface area contributed by atoms with Gasteiger partial charge in [0.15, 0.2) is 0 Å². The van der Waals surface area contributed by atoms with Crippen LogP contribution in [0, 0.1) is 0 Å². The summed E-state index contributed by atoms with van der Waals surface area (Å²) in [4.78, 5) is 15.7. The standard InChI is InChI=1S/C17H19NO2S/c1-13-11-18(12-14-5-2-3-7-16(14)20-13)17(19)9-8-15-6-4-10-21-15/h2-7,10,13H,8-9,11-12H2,1H3. The molecule has 0 spiro atoms. The Labute approximate surface area is 129 Å². The van der Waals surface area contributed by atoms with E-state index in [9.17, 15) is 4.79 Å². The van der Waals surface area contributed by atoms with Gasteiger partial charge in [0.1, 0.15) is 11.9 Å². The van der Waals surface area contributed by atoms with Crippen molar-refractivity contribution in [3.8, 4) is 5.75 Å². The average molecular weight is 301 g/mol. The lowest BCUT2D eigenvalue weighted by molar-refractivity contribution is -0.132. The number of hydrogen-bond donors (Lipinski definition) is 0. The van der Waals surface area contributed by atoms with Crippen LogP contribution in [0.15, 0.2) is 41.8 Å². The van der Waals surface area contributed by atoms with E-state index in [1.807, 2.05) is 42.2 Å². The minimum Gasteiger partial charge on any atom is -0.489 e. The smallest absolute Gasteiger partial charge is 0.223 e. The molecule has 1 aromatic carbocycles. The van der Waals surface area contributed by atoms with Gasteiger partial charge < -0.3 is 9.64 Å². The first-order valence-corrected chi connectivity index (χ1v) is 8.15. The Balaban J connectivity index is 1.68. The van der Waals surface area contributed by atoms with Crippen LogP contribution >= 0.6 is 11.3 Å². The number of ether oxygens (including phenoxy) is 1. The Morgan fingerprint density at radius 1 is 1.33 bits per heavy atom. The molecule has 0 N–H and O–H groups in total. The van der Waals surface area contributed by atoms with Crippen molar-refractivity contribution in [1.29, 1.82) is 0 Å². The lowest BCUT2D eigenvalue weighted by Crippen LogP contribution is -2.36. The maximum absolute atomic E-state index is 12.5. The van der Waals surface area contributed by atoms with E-state index in [1.54, 1.807) is 11.3 Å². The van der Waals surface area contributed by atoms with Crippen LogP contribution in [-0.4, -0.2) is 23.5 Å². The second kappa shape index (κ2) is 6.31. The van der Waals surface area contributed by atoms with Crippen LogP contribution in [0.4, 0.5) is 0 Å². The zero-order chi connectivity index (χ0) is 14.7. The normalized spacial score (nSPS) is 17.8. The fourth-order valence-corrected chi connectivity index (χ4v) is 3.33. The molecule has 0 bridgehead atoms. The summed E-state index contributed by atoms with van der Waals surface area (Å²) < 4.78 is 5.90. The molecule has 1 amide bonds. The van der Waals surface area contributed by atoms with Crippen molar-refractivity contribution >= 4 is 17.2 Å². The lowest BCUT2D eigenvalue weighted by atomic mass is 10.1. The average Bonchev–Trinajstić information content (AvgIpc) is 2.93. The molecule has 2 heterocycles. The van der Waals surface area contributed by atoms with Crippen LogP contribution in [0.25, 0.3) is 0 Å². The van der Waals surface area contributed by atoms with E-state index in [1.165, 1.54) is 4.88 Å². The molecular formula is C17H19NO2S. The summed E-state index contributed by atoms with van der Waals surface area (Å²) in [7, 11) is 0. The number of para-hydroxylation sites is 1. The molecule has 21 heavy (non-hydrogen) atoms. The van der Waals surface area contributed by atoms with E-state index in [0.29, 0.717) is 19.5 Å². The molecule has 1 unspecified atom stereocenters. The van der Waals surface area contributed by atoms with E-state index in [2.05, 4.69) is 11.4 Å². The summed E-state index contributed by atoms with van der Waals surface area (Å²) in [6.45, 7) is 3.31. The molecule has 3 rings (SSSR count). The van der Waals surface area contributed by atoms with Gasteiger partial charge in [-0.25, -0.2) is 0 Å². The van der Waals surface area contributed by atoms with E-state index >= 15 is 0 Å². The van der Waals surface area contributed by atoms with Gasteiger partial charge in [-0.1, -0.05) is 24.3 Å². The third-order valence-electron chi connectivity index (χ3n) is 3.66. The highest BCUT2D eigenvalue weighted by atomic mass is 32.1. The summed E-state index contributed by atoms with van der Waals surface area (Å²) in [6.07, 6.45) is 1.42. The first-order chi connectivity index (χ1) is 10.2. The second-order valence-corrected chi connectivity index (χ2v) is 6.42. The molecule has 1 atom stereocenters. The molecule has 0 saturated heterocycles. The zero-order valence-electron chi connectivity index (χ0n) is 12.1. The van der Waals surface area contributed by atoms with Gasteiger partial charge >= 0.3 is 0 Å². The number of aryl methyl sites for hydroxylation is 1. The van der Waals surface area contributed by atoms with Gasteiger partial charge in [-0.15, -0.1) is 11.3 Å². The predicted molar refractivity (Wildman–Crippen MR) is 84.6 cm³/mol. The first kappa shape index (κ1) is 14.1. The zero-order valence-corrected chi connectivity index (χ0v) is 12.9. The first-order valence-electron chi connectivity index (χ1n) is 7.27.